The Kier molecular flexibility index (Phi) is 3.15. The molecule has 17 heavy (non-hydrogen) atoms. The highest BCUT2D eigenvalue weighted by Crippen LogP contribution is 2.30. The maximum atomic E-state index is 11.5. The molecule has 1 amide bonds. The number of nitrogens with two attached hydrogens (primary N) is 2. The molecule has 1 aromatic carbocycles. The molecule has 5 nitrogen and oxygen atoms in total. The van der Waals surface area contributed by atoms with Gasteiger partial charge < -0.3 is 21.5 Å². The van der Waals surface area contributed by atoms with Gasteiger partial charge in [0.25, 0.3) is 0 Å². The fraction of sp³-hybridized carbons (Fsp3) is 0.417. The van der Waals surface area contributed by atoms with Crippen molar-refractivity contribution in [1.82, 2.24) is 0 Å². The number of hydrogen-bond acceptors (Lipinski definition) is 4. The van der Waals surface area contributed by atoms with Crippen molar-refractivity contribution < 1.29 is 9.90 Å². The van der Waals surface area contributed by atoms with Gasteiger partial charge in [0, 0.05) is 19.3 Å². The van der Waals surface area contributed by atoms with Gasteiger partial charge in [-0.25, -0.2) is 0 Å². The zero-order valence-electron chi connectivity index (χ0n) is 9.76. The summed E-state index contributed by atoms with van der Waals surface area (Å²) in [6.07, 6.45) is -0.367. The fourth-order valence-corrected chi connectivity index (χ4v) is 2.07. The van der Waals surface area contributed by atoms with E-state index in [0.717, 1.165) is 16.8 Å². The van der Waals surface area contributed by atoms with Crippen LogP contribution < -0.4 is 16.4 Å². The summed E-state index contributed by atoms with van der Waals surface area (Å²) in [7, 11) is 1.75. The molecule has 1 heterocycles. The summed E-state index contributed by atoms with van der Waals surface area (Å²) in [5.74, 6) is 0.0742. The summed E-state index contributed by atoms with van der Waals surface area (Å²) in [5.41, 5.74) is 13.9. The number of nitrogens with zero attached hydrogens (tertiary/aromatic N) is 1. The van der Waals surface area contributed by atoms with E-state index in [0.29, 0.717) is 6.42 Å². The molecule has 2 rings (SSSR count). The second-order valence-electron chi connectivity index (χ2n) is 4.35. The second-order valence-corrected chi connectivity index (χ2v) is 4.35. The molecule has 0 aliphatic carbocycles. The fourth-order valence-electron chi connectivity index (χ4n) is 2.07. The number of aliphatic hydroxyl groups is 1. The first-order valence-electron chi connectivity index (χ1n) is 5.57. The van der Waals surface area contributed by atoms with Gasteiger partial charge in [0.2, 0.25) is 5.91 Å². The van der Waals surface area contributed by atoms with Gasteiger partial charge in [-0.05, 0) is 17.2 Å². The number of amides is 1. The van der Waals surface area contributed by atoms with Gasteiger partial charge in [-0.1, -0.05) is 12.1 Å². The molecule has 0 saturated heterocycles. The molecule has 1 aromatic rings. The predicted octanol–water partition coefficient (Wildman–Crippen LogP) is -0.475. The lowest BCUT2D eigenvalue weighted by molar-refractivity contribution is -0.117. The lowest BCUT2D eigenvalue weighted by Crippen LogP contribution is -2.32. The van der Waals surface area contributed by atoms with Crippen LogP contribution in [0.2, 0.25) is 0 Å². The molecule has 5 heteroatoms. The Morgan fingerprint density at radius 2 is 2.24 bits per heavy atom. The number of likely N-dealkylation sites (N-methyl/N-ethyl adjacent to an activating group) is 1. The molecule has 0 aromatic heterocycles. The number of benzene rings is 1. The van der Waals surface area contributed by atoms with Crippen molar-refractivity contribution >= 4 is 11.6 Å². The van der Waals surface area contributed by atoms with Gasteiger partial charge >= 0.3 is 0 Å². The average Bonchev–Trinajstić information content (AvgIpc) is 2.62. The summed E-state index contributed by atoms with van der Waals surface area (Å²) < 4.78 is 0. The molecular formula is C12H17N3O2. The van der Waals surface area contributed by atoms with E-state index in [9.17, 15) is 9.90 Å². The smallest absolute Gasteiger partial charge is 0.231 e. The minimum absolute atomic E-state index is 0.0742. The Balaban J connectivity index is 2.30. The van der Waals surface area contributed by atoms with E-state index in [-0.39, 0.29) is 12.5 Å². The van der Waals surface area contributed by atoms with E-state index >= 15 is 0 Å². The summed E-state index contributed by atoms with van der Waals surface area (Å²) in [6, 6.07) is 5.06. The monoisotopic (exact) mass is 235 g/mol. The third-order valence-electron chi connectivity index (χ3n) is 3.22. The zero-order chi connectivity index (χ0) is 12.6. The lowest BCUT2D eigenvalue weighted by atomic mass is 9.99. The van der Waals surface area contributed by atoms with Crippen LogP contribution in [-0.2, 0) is 11.2 Å². The van der Waals surface area contributed by atoms with E-state index in [2.05, 4.69) is 0 Å². The van der Waals surface area contributed by atoms with Crippen molar-refractivity contribution in [2.45, 2.75) is 18.6 Å². The first-order valence-corrected chi connectivity index (χ1v) is 5.57. The van der Waals surface area contributed by atoms with Gasteiger partial charge in [-0.3, -0.25) is 4.79 Å². The molecule has 0 spiro atoms. The van der Waals surface area contributed by atoms with Crippen LogP contribution in [0.3, 0.4) is 0 Å². The first kappa shape index (κ1) is 12.0. The largest absolute Gasteiger partial charge is 0.390 e. The van der Waals surface area contributed by atoms with Crippen molar-refractivity contribution in [3.63, 3.8) is 0 Å². The van der Waals surface area contributed by atoms with Crippen molar-refractivity contribution in [1.29, 1.82) is 0 Å². The van der Waals surface area contributed by atoms with Crippen LogP contribution in [0.4, 0.5) is 5.69 Å². The van der Waals surface area contributed by atoms with Gasteiger partial charge in [0.15, 0.2) is 0 Å². The van der Waals surface area contributed by atoms with Gasteiger partial charge in [0.1, 0.15) is 0 Å². The van der Waals surface area contributed by atoms with Gasteiger partial charge in [0.05, 0.1) is 18.6 Å². The minimum atomic E-state index is -0.761. The van der Waals surface area contributed by atoms with Crippen LogP contribution >= 0.6 is 0 Å². The molecule has 2 atom stereocenters. The van der Waals surface area contributed by atoms with Crippen LogP contribution in [0, 0.1) is 0 Å². The van der Waals surface area contributed by atoms with Crippen LogP contribution in [-0.4, -0.2) is 30.7 Å². The van der Waals surface area contributed by atoms with E-state index in [1.165, 1.54) is 0 Å². The Bertz CT molecular complexity index is 447. The second kappa shape index (κ2) is 4.44. The summed E-state index contributed by atoms with van der Waals surface area (Å²) in [5, 5.41) is 9.61. The maximum absolute atomic E-state index is 11.5. The molecule has 0 saturated carbocycles. The minimum Gasteiger partial charge on any atom is -0.390 e. The molecule has 2 unspecified atom stereocenters. The first-order chi connectivity index (χ1) is 8.04. The van der Waals surface area contributed by atoms with Crippen LogP contribution in [0.1, 0.15) is 17.2 Å². The molecule has 1 aliphatic rings. The predicted molar refractivity (Wildman–Crippen MR) is 65.5 cm³/mol. The lowest BCUT2D eigenvalue weighted by Gasteiger charge is -2.18. The van der Waals surface area contributed by atoms with Crippen molar-refractivity contribution in [2.24, 2.45) is 11.5 Å². The Morgan fingerprint density at radius 3 is 2.88 bits per heavy atom. The number of anilines is 1. The Hall–Kier alpha value is -1.43. The van der Waals surface area contributed by atoms with Crippen LogP contribution in [0.15, 0.2) is 18.2 Å². The SMILES string of the molecule is CN1C(=O)Cc2cc(C(N)C(O)CN)ccc21. The standard InChI is InChI=1S/C12H17N3O2/c1-15-9-3-2-7(12(14)10(16)6-13)4-8(9)5-11(15)17/h2-4,10,12,16H,5-6,13-14H2,1H3. The van der Waals surface area contributed by atoms with Crippen LogP contribution in [0.5, 0.6) is 0 Å². The summed E-state index contributed by atoms with van der Waals surface area (Å²) in [4.78, 5) is 13.2. The number of rotatable bonds is 3. The third kappa shape index (κ3) is 2.04. The molecule has 0 fully saturated rings. The van der Waals surface area contributed by atoms with E-state index in [1.54, 1.807) is 11.9 Å². The van der Waals surface area contributed by atoms with E-state index in [4.69, 9.17) is 11.5 Å². The molecule has 0 bridgehead atoms. The van der Waals surface area contributed by atoms with Crippen LogP contribution in [0.25, 0.3) is 0 Å². The quantitative estimate of drug-likeness (QED) is 0.660. The average molecular weight is 235 g/mol. The molecule has 1 aliphatic heterocycles. The van der Waals surface area contributed by atoms with Crippen molar-refractivity contribution in [2.75, 3.05) is 18.5 Å². The third-order valence-corrected chi connectivity index (χ3v) is 3.22. The van der Waals surface area contributed by atoms with Gasteiger partial charge in [-0.15, -0.1) is 0 Å². The number of aliphatic hydroxyl groups excluding tert-OH is 1. The molecule has 5 N–H and O–H groups in total. The number of carbonyl (C=O) groups excluding carboxylic acids is 1. The van der Waals surface area contributed by atoms with Gasteiger partial charge in [-0.2, -0.15) is 0 Å². The molecule has 0 radical (unpaired) electrons. The zero-order valence-corrected chi connectivity index (χ0v) is 9.76. The van der Waals surface area contributed by atoms with E-state index in [1.807, 2.05) is 18.2 Å². The highest BCUT2D eigenvalue weighted by atomic mass is 16.3. The molecule has 92 valence electrons. The van der Waals surface area contributed by atoms with E-state index < -0.39 is 12.1 Å². The highest BCUT2D eigenvalue weighted by molar-refractivity contribution is 6.00. The summed E-state index contributed by atoms with van der Waals surface area (Å²) >= 11 is 0. The number of hydrogen-bond donors (Lipinski definition) is 3. The number of fused-ring (bicyclic) bond motifs is 1. The maximum Gasteiger partial charge on any atom is 0.231 e. The van der Waals surface area contributed by atoms with Crippen molar-refractivity contribution in [3.05, 3.63) is 29.3 Å². The Morgan fingerprint density at radius 1 is 1.53 bits per heavy atom. The Labute approximate surface area is 100 Å². The molecular weight excluding hydrogens is 218 g/mol. The topological polar surface area (TPSA) is 92.6 Å². The number of carbonyl (C=O) groups is 1. The normalized spacial score (nSPS) is 18.1. The highest BCUT2D eigenvalue weighted by Gasteiger charge is 2.25. The summed E-state index contributed by atoms with van der Waals surface area (Å²) in [6.45, 7) is 0.122. The van der Waals surface area contributed by atoms with Crippen molar-refractivity contribution in [3.8, 4) is 0 Å².